The van der Waals surface area contributed by atoms with Crippen LogP contribution in [0.15, 0.2) is 71.1 Å². The van der Waals surface area contributed by atoms with Crippen LogP contribution in [0, 0.1) is 0 Å². The molecule has 4 aromatic rings. The van der Waals surface area contributed by atoms with Crippen molar-refractivity contribution in [3.05, 3.63) is 66.7 Å². The Bertz CT molecular complexity index is 1230. The van der Waals surface area contributed by atoms with E-state index in [1.807, 2.05) is 24.3 Å². The van der Waals surface area contributed by atoms with E-state index in [9.17, 15) is 0 Å². The molecule has 140 valence electrons. The number of rotatable bonds is 2. The fraction of sp³-hybridized carbons (Fsp3) is 0.250. The lowest BCUT2D eigenvalue weighted by molar-refractivity contribution is 0.00578. The highest BCUT2D eigenvalue weighted by Crippen LogP contribution is 2.38. The van der Waals surface area contributed by atoms with Crippen LogP contribution in [0.25, 0.3) is 33.1 Å². The Morgan fingerprint density at radius 3 is 2.29 bits per heavy atom. The zero-order valence-corrected chi connectivity index (χ0v) is 16.6. The summed E-state index contributed by atoms with van der Waals surface area (Å²) >= 11 is 0. The minimum atomic E-state index is -0.418. The molecule has 4 heteroatoms. The minimum Gasteiger partial charge on any atom is -0.456 e. The van der Waals surface area contributed by atoms with Gasteiger partial charge in [-0.3, -0.25) is 0 Å². The highest BCUT2D eigenvalue weighted by Gasteiger charge is 2.52. The van der Waals surface area contributed by atoms with Gasteiger partial charge in [0.1, 0.15) is 11.2 Å². The van der Waals surface area contributed by atoms with Crippen molar-refractivity contribution in [1.82, 2.24) is 0 Å². The number of hydrogen-bond acceptors (Lipinski definition) is 3. The van der Waals surface area contributed by atoms with Gasteiger partial charge in [0.25, 0.3) is 0 Å². The molecule has 0 radical (unpaired) electrons. The van der Waals surface area contributed by atoms with Crippen molar-refractivity contribution < 1.29 is 15.1 Å². The summed E-state index contributed by atoms with van der Waals surface area (Å²) in [6, 6.07) is 20.4. The van der Waals surface area contributed by atoms with E-state index in [0.29, 0.717) is 6.04 Å². The van der Waals surface area contributed by atoms with E-state index in [1.165, 1.54) is 0 Å². The molecule has 0 bridgehead atoms. The molecule has 1 aliphatic heterocycles. The molecule has 0 saturated carbocycles. The summed E-state index contributed by atoms with van der Waals surface area (Å²) in [6.45, 7) is 8.28. The van der Waals surface area contributed by atoms with E-state index in [4.69, 9.17) is 15.1 Å². The van der Waals surface area contributed by atoms with Gasteiger partial charge in [-0.25, -0.2) is 0 Å². The summed E-state index contributed by atoms with van der Waals surface area (Å²) in [5, 5.41) is 2.06. The molecule has 0 N–H and O–H groups in total. The largest absolute Gasteiger partial charge is 0.495 e. The summed E-state index contributed by atoms with van der Waals surface area (Å²) < 4.78 is 26.4. The Kier molecular flexibility index (Phi) is 3.50. The van der Waals surface area contributed by atoms with Gasteiger partial charge in [-0.15, -0.1) is 0 Å². The third-order valence-electron chi connectivity index (χ3n) is 6.09. The van der Waals surface area contributed by atoms with Crippen LogP contribution in [0.3, 0.4) is 0 Å². The summed E-state index contributed by atoms with van der Waals surface area (Å²) in [4.78, 5) is 0. The molecule has 0 atom stereocenters. The van der Waals surface area contributed by atoms with Gasteiger partial charge in [0.05, 0.1) is 12.6 Å². The molecule has 1 fully saturated rings. The fourth-order valence-corrected chi connectivity index (χ4v) is 3.77. The second kappa shape index (κ2) is 5.97. The highest BCUT2D eigenvalue weighted by molar-refractivity contribution is 6.63. The predicted molar refractivity (Wildman–Crippen MR) is 115 cm³/mol. The zero-order chi connectivity index (χ0) is 20.4. The van der Waals surface area contributed by atoms with Gasteiger partial charge in [0.15, 0.2) is 0 Å². The van der Waals surface area contributed by atoms with Crippen LogP contribution < -0.4 is 5.46 Å². The van der Waals surface area contributed by atoms with Gasteiger partial charge in [0, 0.05) is 10.8 Å². The standard InChI is InChI=1S/C24H23BO3/c1-23(2)24(3,4)28-25(27-23)20-11-7-5-9-17(20)16-13-14-22-19(15-16)18-10-6-8-12-21(18)26-22/h5-15H,1-4H3/i8D. The molecule has 0 spiro atoms. The Balaban J connectivity index is 1.64. The van der Waals surface area contributed by atoms with Crippen LogP contribution in [0.1, 0.15) is 29.1 Å². The topological polar surface area (TPSA) is 31.6 Å². The van der Waals surface area contributed by atoms with Crippen molar-refractivity contribution in [3.8, 4) is 11.1 Å². The molecule has 1 aromatic heterocycles. The molecule has 0 amide bonds. The lowest BCUT2D eigenvalue weighted by Crippen LogP contribution is -2.41. The van der Waals surface area contributed by atoms with Crippen LogP contribution in [0.2, 0.25) is 0 Å². The van der Waals surface area contributed by atoms with E-state index in [0.717, 1.165) is 38.5 Å². The lowest BCUT2D eigenvalue weighted by atomic mass is 9.74. The van der Waals surface area contributed by atoms with Crippen molar-refractivity contribution >= 4 is 34.5 Å². The number of para-hydroxylation sites is 1. The maximum Gasteiger partial charge on any atom is 0.495 e. The number of furan rings is 1. The molecular weight excluding hydrogens is 347 g/mol. The van der Waals surface area contributed by atoms with Crippen molar-refractivity contribution in [1.29, 1.82) is 0 Å². The molecule has 2 heterocycles. The average Bonchev–Trinajstić information content (AvgIpc) is 3.13. The summed E-state index contributed by atoms with van der Waals surface area (Å²) in [5.74, 6) is 0. The molecule has 28 heavy (non-hydrogen) atoms. The summed E-state index contributed by atoms with van der Waals surface area (Å²) in [6.07, 6.45) is 0. The first-order chi connectivity index (χ1) is 13.7. The average molecular weight is 371 g/mol. The van der Waals surface area contributed by atoms with E-state index in [2.05, 4.69) is 52.0 Å². The van der Waals surface area contributed by atoms with Crippen molar-refractivity contribution in [2.75, 3.05) is 0 Å². The van der Waals surface area contributed by atoms with Crippen LogP contribution in [0.5, 0.6) is 0 Å². The van der Waals surface area contributed by atoms with Gasteiger partial charge in [-0.1, -0.05) is 48.5 Å². The zero-order valence-electron chi connectivity index (χ0n) is 17.6. The second-order valence-corrected chi connectivity index (χ2v) is 8.41. The van der Waals surface area contributed by atoms with Crippen molar-refractivity contribution in [2.24, 2.45) is 0 Å². The first-order valence-electron chi connectivity index (χ1n) is 10.1. The van der Waals surface area contributed by atoms with Crippen LogP contribution in [-0.4, -0.2) is 18.3 Å². The fourth-order valence-electron chi connectivity index (χ4n) is 3.77. The molecule has 1 aliphatic rings. The molecule has 0 unspecified atom stereocenters. The Hall–Kier alpha value is -2.56. The molecule has 1 saturated heterocycles. The lowest BCUT2D eigenvalue weighted by Gasteiger charge is -2.32. The van der Waals surface area contributed by atoms with Crippen molar-refractivity contribution in [2.45, 2.75) is 38.9 Å². The first kappa shape index (κ1) is 16.4. The van der Waals surface area contributed by atoms with Gasteiger partial charge >= 0.3 is 7.12 Å². The maximum absolute atomic E-state index is 7.83. The SMILES string of the molecule is [2H]c1ccc2c(c1)oc1ccc(-c3ccccc3B3OC(C)(C)C(C)(C)O3)cc12. The van der Waals surface area contributed by atoms with Crippen LogP contribution in [0.4, 0.5) is 0 Å². The van der Waals surface area contributed by atoms with Crippen LogP contribution in [-0.2, 0) is 9.31 Å². The van der Waals surface area contributed by atoms with Gasteiger partial charge in [-0.05, 0) is 62.5 Å². The van der Waals surface area contributed by atoms with E-state index < -0.39 is 7.12 Å². The first-order valence-corrected chi connectivity index (χ1v) is 9.63. The minimum absolute atomic E-state index is 0.385. The second-order valence-electron chi connectivity index (χ2n) is 8.41. The summed E-state index contributed by atoms with van der Waals surface area (Å²) in [5.41, 5.74) is 3.98. The third-order valence-corrected chi connectivity index (χ3v) is 6.09. The van der Waals surface area contributed by atoms with Crippen molar-refractivity contribution in [3.63, 3.8) is 0 Å². The Labute approximate surface area is 166 Å². The molecule has 5 rings (SSSR count). The van der Waals surface area contributed by atoms with Gasteiger partial charge in [0.2, 0.25) is 0 Å². The number of benzene rings is 3. The molecule has 3 aromatic carbocycles. The maximum atomic E-state index is 7.83. The monoisotopic (exact) mass is 371 g/mol. The van der Waals surface area contributed by atoms with Gasteiger partial charge < -0.3 is 13.7 Å². The summed E-state index contributed by atoms with van der Waals surface area (Å²) in [7, 11) is -0.418. The van der Waals surface area contributed by atoms with E-state index >= 15 is 0 Å². The number of fused-ring (bicyclic) bond motifs is 3. The normalized spacial score (nSPS) is 18.7. The van der Waals surface area contributed by atoms with Gasteiger partial charge in [-0.2, -0.15) is 0 Å². The highest BCUT2D eigenvalue weighted by atomic mass is 16.7. The third kappa shape index (κ3) is 2.60. The molecule has 3 nitrogen and oxygen atoms in total. The molecular formula is C24H23BO3. The Morgan fingerprint density at radius 1 is 0.786 bits per heavy atom. The predicted octanol–water partition coefficient (Wildman–Crippen LogP) is 5.55. The van der Waals surface area contributed by atoms with Crippen LogP contribution >= 0.6 is 0 Å². The molecule has 0 aliphatic carbocycles. The quantitative estimate of drug-likeness (QED) is 0.433. The van der Waals surface area contributed by atoms with E-state index in [-0.39, 0.29) is 11.2 Å². The number of hydrogen-bond donors (Lipinski definition) is 0. The van der Waals surface area contributed by atoms with E-state index in [1.54, 1.807) is 12.1 Å². The smallest absolute Gasteiger partial charge is 0.456 e. The Morgan fingerprint density at radius 2 is 1.50 bits per heavy atom.